The maximum Gasteiger partial charge on any atom is 0.295 e. The van der Waals surface area contributed by atoms with Gasteiger partial charge in [-0.2, -0.15) is 0 Å². The van der Waals surface area contributed by atoms with Crippen LogP contribution in [0, 0.1) is 12.8 Å². The number of carbonyl (C=O) groups is 1. The molecule has 0 spiro atoms. The molecule has 3 rings (SSSR count). The number of carbonyl (C=O) groups excluding carboxylic acids is 1. The second kappa shape index (κ2) is 10.8. The Morgan fingerprint density at radius 2 is 1.83 bits per heavy atom. The number of anilines is 1. The van der Waals surface area contributed by atoms with E-state index in [1.54, 1.807) is 9.36 Å². The van der Waals surface area contributed by atoms with Crippen LogP contribution in [-0.4, -0.2) is 52.9 Å². The lowest BCUT2D eigenvalue weighted by atomic mass is 9.93. The molecular formula is C22H34ClN5O2. The third-order valence-corrected chi connectivity index (χ3v) is 6.18. The zero-order chi connectivity index (χ0) is 21.0. The van der Waals surface area contributed by atoms with E-state index >= 15 is 0 Å². The number of benzene rings is 1. The largest absolute Gasteiger partial charge is 0.320 e. The van der Waals surface area contributed by atoms with E-state index in [0.29, 0.717) is 5.69 Å². The third-order valence-electron chi connectivity index (χ3n) is 6.18. The van der Waals surface area contributed by atoms with Gasteiger partial charge in [-0.05, 0) is 77.8 Å². The number of piperidine rings is 1. The van der Waals surface area contributed by atoms with E-state index in [9.17, 15) is 9.59 Å². The van der Waals surface area contributed by atoms with Gasteiger partial charge in [-0.3, -0.25) is 19.2 Å². The van der Waals surface area contributed by atoms with Crippen molar-refractivity contribution in [3.8, 4) is 5.69 Å². The van der Waals surface area contributed by atoms with Crippen molar-refractivity contribution in [1.29, 1.82) is 0 Å². The molecule has 0 bridgehead atoms. The molecule has 0 aliphatic carbocycles. The number of aromatic nitrogens is 2. The second-order valence-corrected chi connectivity index (χ2v) is 7.97. The zero-order valence-electron chi connectivity index (χ0n) is 18.4. The molecule has 1 aromatic carbocycles. The maximum absolute atomic E-state index is 13.0. The Hall–Kier alpha value is -2.09. The van der Waals surface area contributed by atoms with Crippen LogP contribution in [-0.2, 0) is 11.8 Å². The van der Waals surface area contributed by atoms with Crippen LogP contribution in [0.15, 0.2) is 35.1 Å². The minimum absolute atomic E-state index is 0. The van der Waals surface area contributed by atoms with Crippen LogP contribution >= 0.6 is 12.4 Å². The van der Waals surface area contributed by atoms with Crippen molar-refractivity contribution in [1.82, 2.24) is 19.6 Å². The molecule has 30 heavy (non-hydrogen) atoms. The van der Waals surface area contributed by atoms with Gasteiger partial charge >= 0.3 is 0 Å². The fourth-order valence-corrected chi connectivity index (χ4v) is 4.08. The van der Waals surface area contributed by atoms with Crippen molar-refractivity contribution < 1.29 is 4.79 Å². The van der Waals surface area contributed by atoms with Crippen molar-refractivity contribution in [2.24, 2.45) is 13.0 Å². The average molecular weight is 436 g/mol. The van der Waals surface area contributed by atoms with Crippen LogP contribution in [0.3, 0.4) is 0 Å². The van der Waals surface area contributed by atoms with Crippen molar-refractivity contribution >= 4 is 24.0 Å². The predicted molar refractivity (Wildman–Crippen MR) is 124 cm³/mol. The number of para-hydroxylation sites is 1. The van der Waals surface area contributed by atoms with Crippen molar-refractivity contribution in [2.45, 2.75) is 39.2 Å². The molecular weight excluding hydrogens is 402 g/mol. The lowest BCUT2D eigenvalue weighted by molar-refractivity contribution is -0.121. The smallest absolute Gasteiger partial charge is 0.295 e. The normalized spacial score (nSPS) is 16.1. The van der Waals surface area contributed by atoms with E-state index in [-0.39, 0.29) is 29.9 Å². The Morgan fingerprint density at radius 3 is 2.43 bits per heavy atom. The summed E-state index contributed by atoms with van der Waals surface area (Å²) in [6.45, 7) is 6.67. The van der Waals surface area contributed by atoms with Gasteiger partial charge < -0.3 is 10.6 Å². The molecule has 0 saturated carbocycles. The molecule has 1 aliphatic rings. The number of halogens is 1. The van der Waals surface area contributed by atoms with E-state index < -0.39 is 0 Å². The highest BCUT2D eigenvalue weighted by Gasteiger charge is 2.28. The zero-order valence-corrected chi connectivity index (χ0v) is 19.2. The Bertz CT molecular complexity index is 885. The summed E-state index contributed by atoms with van der Waals surface area (Å²) in [5, 5.41) is 6.12. The molecule has 2 heterocycles. The highest BCUT2D eigenvalue weighted by molar-refractivity contribution is 5.95. The van der Waals surface area contributed by atoms with Gasteiger partial charge in [0, 0.05) is 7.05 Å². The molecule has 2 N–H and O–H groups in total. The summed E-state index contributed by atoms with van der Waals surface area (Å²) in [5.74, 6) is 0.605. The minimum Gasteiger partial charge on any atom is -0.320 e. The van der Waals surface area contributed by atoms with E-state index in [1.807, 2.05) is 58.3 Å². The number of nitrogens with zero attached hydrogens (tertiary/aromatic N) is 3. The van der Waals surface area contributed by atoms with Gasteiger partial charge in [0.2, 0.25) is 5.91 Å². The Balaban J connectivity index is 0.00000320. The Kier molecular flexibility index (Phi) is 8.70. The van der Waals surface area contributed by atoms with E-state index in [0.717, 1.165) is 49.8 Å². The molecule has 1 aromatic heterocycles. The van der Waals surface area contributed by atoms with Gasteiger partial charge in [0.25, 0.3) is 5.56 Å². The number of hydrogen-bond donors (Lipinski definition) is 2. The first-order valence-corrected chi connectivity index (χ1v) is 10.5. The molecule has 1 saturated heterocycles. The summed E-state index contributed by atoms with van der Waals surface area (Å²) in [6.07, 6.45) is 3.42. The van der Waals surface area contributed by atoms with Crippen LogP contribution in [0.25, 0.3) is 5.69 Å². The first kappa shape index (κ1) is 24.2. The third kappa shape index (κ3) is 5.14. The highest BCUT2D eigenvalue weighted by Crippen LogP contribution is 2.22. The fraction of sp³-hybridized carbons (Fsp3) is 0.545. The maximum atomic E-state index is 13.0. The molecule has 1 aliphatic heterocycles. The molecule has 1 unspecified atom stereocenters. The highest BCUT2D eigenvalue weighted by atomic mass is 35.5. The van der Waals surface area contributed by atoms with Gasteiger partial charge in [-0.1, -0.05) is 18.2 Å². The number of amides is 1. The molecule has 1 fully saturated rings. The van der Waals surface area contributed by atoms with Gasteiger partial charge in [0.1, 0.15) is 5.69 Å². The van der Waals surface area contributed by atoms with E-state index in [2.05, 4.69) is 15.5 Å². The number of nitrogens with one attached hydrogen (secondary N) is 2. The van der Waals surface area contributed by atoms with Crippen molar-refractivity contribution in [3.05, 3.63) is 46.4 Å². The minimum atomic E-state index is -0.260. The summed E-state index contributed by atoms with van der Waals surface area (Å²) in [7, 11) is 3.82. The van der Waals surface area contributed by atoms with Crippen molar-refractivity contribution in [3.63, 3.8) is 0 Å². The molecule has 8 heteroatoms. The topological polar surface area (TPSA) is 71.3 Å². The van der Waals surface area contributed by atoms with E-state index in [1.165, 1.54) is 6.42 Å². The summed E-state index contributed by atoms with van der Waals surface area (Å²) in [6, 6.07) is 9.20. The van der Waals surface area contributed by atoms with E-state index in [4.69, 9.17) is 0 Å². The van der Waals surface area contributed by atoms with Crippen LogP contribution in [0.1, 0.15) is 31.9 Å². The van der Waals surface area contributed by atoms with Crippen LogP contribution in [0.5, 0.6) is 0 Å². The summed E-state index contributed by atoms with van der Waals surface area (Å²) in [5.41, 5.74) is 1.67. The lowest BCUT2D eigenvalue weighted by Crippen LogP contribution is -2.46. The predicted octanol–water partition coefficient (Wildman–Crippen LogP) is 2.55. The molecule has 1 atom stereocenters. The standard InChI is InChI=1S/C22H33N5O2.ClH/c1-16-20(22(29)27(25(16)4)19-8-6-5-7-9-19)24-21(28)17(2)26-14-11-18(12-15-26)10-13-23-3;/h5-9,17-18,23H,10-15H2,1-4H3,(H,24,28);1H. The van der Waals surface area contributed by atoms with Crippen LogP contribution < -0.4 is 16.2 Å². The van der Waals surface area contributed by atoms with Crippen molar-refractivity contribution in [2.75, 3.05) is 32.0 Å². The summed E-state index contributed by atoms with van der Waals surface area (Å²) in [4.78, 5) is 28.1. The molecule has 1 amide bonds. The van der Waals surface area contributed by atoms with Gasteiger partial charge in [0.15, 0.2) is 0 Å². The Labute approximate surface area is 184 Å². The monoisotopic (exact) mass is 435 g/mol. The summed E-state index contributed by atoms with van der Waals surface area (Å²) >= 11 is 0. The quantitative estimate of drug-likeness (QED) is 0.701. The SMILES string of the molecule is CNCCC1CCN(C(C)C(=O)Nc2c(C)n(C)n(-c3ccccc3)c2=O)CC1.Cl. The van der Waals surface area contributed by atoms with Crippen LogP contribution in [0.4, 0.5) is 5.69 Å². The average Bonchev–Trinajstić information content (AvgIpc) is 2.95. The fourth-order valence-electron chi connectivity index (χ4n) is 4.08. The molecule has 0 radical (unpaired) electrons. The summed E-state index contributed by atoms with van der Waals surface area (Å²) < 4.78 is 3.37. The first-order valence-electron chi connectivity index (χ1n) is 10.5. The number of hydrogen-bond acceptors (Lipinski definition) is 4. The lowest BCUT2D eigenvalue weighted by Gasteiger charge is -2.35. The molecule has 2 aromatic rings. The second-order valence-electron chi connectivity index (χ2n) is 7.97. The first-order chi connectivity index (χ1) is 13.9. The molecule has 166 valence electrons. The van der Waals surface area contributed by atoms with Gasteiger partial charge in [0.05, 0.1) is 17.4 Å². The Morgan fingerprint density at radius 1 is 1.20 bits per heavy atom. The molecule has 7 nitrogen and oxygen atoms in total. The van der Waals surface area contributed by atoms with Gasteiger partial charge in [-0.25, -0.2) is 4.68 Å². The number of likely N-dealkylation sites (tertiary alicyclic amines) is 1. The number of rotatable bonds is 7. The van der Waals surface area contributed by atoms with Gasteiger partial charge in [-0.15, -0.1) is 12.4 Å². The van der Waals surface area contributed by atoms with Crippen LogP contribution in [0.2, 0.25) is 0 Å².